The van der Waals surface area contributed by atoms with E-state index >= 15 is 0 Å². The van der Waals surface area contributed by atoms with E-state index in [-0.39, 0.29) is 5.78 Å². The summed E-state index contributed by atoms with van der Waals surface area (Å²) in [4.78, 5) is 12.2. The standard InChI is InChI=1S/C17H17BrO/c1-12-7-8-13(2)15(9-12)11-16(19)10-14-5-3-4-6-17(14)18/h3-9H,10-11H2,1-2H3. The SMILES string of the molecule is Cc1ccc(C)c(CC(=O)Cc2ccccc2Br)c1. The number of halogens is 1. The van der Waals surface area contributed by atoms with Crippen LogP contribution in [-0.4, -0.2) is 5.78 Å². The van der Waals surface area contributed by atoms with Crippen molar-refractivity contribution in [3.05, 3.63) is 69.2 Å². The van der Waals surface area contributed by atoms with Gasteiger partial charge in [-0.2, -0.15) is 0 Å². The van der Waals surface area contributed by atoms with Gasteiger partial charge in [-0.1, -0.05) is 57.9 Å². The predicted octanol–water partition coefficient (Wildman–Crippen LogP) is 4.42. The molecule has 2 heteroatoms. The van der Waals surface area contributed by atoms with Gasteiger partial charge in [0, 0.05) is 17.3 Å². The number of carbonyl (C=O) groups excluding carboxylic acids is 1. The molecule has 0 aliphatic carbocycles. The van der Waals surface area contributed by atoms with Crippen molar-refractivity contribution in [3.8, 4) is 0 Å². The third-order valence-corrected chi connectivity index (χ3v) is 4.01. The van der Waals surface area contributed by atoms with Gasteiger partial charge >= 0.3 is 0 Å². The minimum atomic E-state index is 0.251. The van der Waals surface area contributed by atoms with Crippen LogP contribution in [0.1, 0.15) is 22.3 Å². The Kier molecular flexibility index (Phi) is 4.54. The Labute approximate surface area is 122 Å². The van der Waals surface area contributed by atoms with E-state index in [0.717, 1.165) is 15.6 Å². The second-order valence-electron chi connectivity index (χ2n) is 4.91. The van der Waals surface area contributed by atoms with Crippen LogP contribution in [0.4, 0.5) is 0 Å². The van der Waals surface area contributed by atoms with Gasteiger partial charge in [-0.15, -0.1) is 0 Å². The predicted molar refractivity (Wildman–Crippen MR) is 82.5 cm³/mol. The lowest BCUT2D eigenvalue weighted by atomic mass is 9.98. The minimum Gasteiger partial charge on any atom is -0.299 e. The van der Waals surface area contributed by atoms with Crippen LogP contribution in [-0.2, 0) is 17.6 Å². The van der Waals surface area contributed by atoms with Gasteiger partial charge < -0.3 is 0 Å². The summed E-state index contributed by atoms with van der Waals surface area (Å²) in [6, 6.07) is 14.2. The Hall–Kier alpha value is -1.41. The molecule has 0 fully saturated rings. The van der Waals surface area contributed by atoms with Crippen molar-refractivity contribution in [2.45, 2.75) is 26.7 Å². The highest BCUT2D eigenvalue weighted by Crippen LogP contribution is 2.18. The maximum Gasteiger partial charge on any atom is 0.141 e. The average Bonchev–Trinajstić information content (AvgIpc) is 2.37. The van der Waals surface area contributed by atoms with Gasteiger partial charge in [-0.25, -0.2) is 0 Å². The van der Waals surface area contributed by atoms with Crippen LogP contribution in [0.25, 0.3) is 0 Å². The smallest absolute Gasteiger partial charge is 0.141 e. The minimum absolute atomic E-state index is 0.251. The molecule has 2 rings (SSSR count). The number of carbonyl (C=O) groups is 1. The molecule has 0 amide bonds. The number of hydrogen-bond acceptors (Lipinski definition) is 1. The van der Waals surface area contributed by atoms with E-state index in [9.17, 15) is 4.79 Å². The summed E-state index contributed by atoms with van der Waals surface area (Å²) < 4.78 is 1.00. The highest BCUT2D eigenvalue weighted by Gasteiger charge is 2.09. The molecule has 0 saturated heterocycles. The molecule has 0 saturated carbocycles. The van der Waals surface area contributed by atoms with E-state index < -0.39 is 0 Å². The van der Waals surface area contributed by atoms with E-state index in [2.05, 4.69) is 48.0 Å². The van der Waals surface area contributed by atoms with E-state index in [1.807, 2.05) is 24.3 Å². The number of ketones is 1. The quantitative estimate of drug-likeness (QED) is 0.816. The topological polar surface area (TPSA) is 17.1 Å². The van der Waals surface area contributed by atoms with Gasteiger partial charge in [0.15, 0.2) is 0 Å². The summed E-state index contributed by atoms with van der Waals surface area (Å²) >= 11 is 3.48. The number of aryl methyl sites for hydroxylation is 2. The third kappa shape index (κ3) is 3.77. The summed E-state index contributed by atoms with van der Waals surface area (Å²) in [5.74, 6) is 0.251. The molecule has 1 nitrogen and oxygen atoms in total. The lowest BCUT2D eigenvalue weighted by molar-refractivity contribution is -0.117. The van der Waals surface area contributed by atoms with E-state index in [4.69, 9.17) is 0 Å². The first-order valence-corrected chi connectivity index (χ1v) is 7.17. The van der Waals surface area contributed by atoms with Crippen LogP contribution in [0, 0.1) is 13.8 Å². The van der Waals surface area contributed by atoms with Crippen molar-refractivity contribution >= 4 is 21.7 Å². The molecule has 0 aliphatic rings. The van der Waals surface area contributed by atoms with Crippen molar-refractivity contribution < 1.29 is 4.79 Å². The molecule has 0 atom stereocenters. The molecule has 19 heavy (non-hydrogen) atoms. The Morgan fingerprint density at radius 2 is 1.68 bits per heavy atom. The summed E-state index contributed by atoms with van der Waals surface area (Å²) in [6.45, 7) is 4.11. The summed E-state index contributed by atoms with van der Waals surface area (Å²) in [6.07, 6.45) is 0.990. The summed E-state index contributed by atoms with van der Waals surface area (Å²) in [7, 11) is 0. The Bertz CT molecular complexity index is 602. The van der Waals surface area contributed by atoms with Crippen LogP contribution in [0.5, 0.6) is 0 Å². The Balaban J connectivity index is 2.10. The molecule has 98 valence electrons. The molecule has 0 N–H and O–H groups in total. The van der Waals surface area contributed by atoms with Crippen LogP contribution in [0.3, 0.4) is 0 Å². The second-order valence-corrected chi connectivity index (χ2v) is 5.77. The summed E-state index contributed by atoms with van der Waals surface area (Å²) in [5, 5.41) is 0. The van der Waals surface area contributed by atoms with Gasteiger partial charge in [-0.05, 0) is 36.6 Å². The Morgan fingerprint density at radius 3 is 2.42 bits per heavy atom. The highest BCUT2D eigenvalue weighted by atomic mass is 79.9. The zero-order valence-electron chi connectivity index (χ0n) is 11.2. The maximum atomic E-state index is 12.2. The normalized spacial score (nSPS) is 10.5. The fraction of sp³-hybridized carbons (Fsp3) is 0.235. The zero-order valence-corrected chi connectivity index (χ0v) is 12.8. The second kappa shape index (κ2) is 6.16. The van der Waals surface area contributed by atoms with Crippen LogP contribution in [0.15, 0.2) is 46.9 Å². The van der Waals surface area contributed by atoms with Crippen molar-refractivity contribution in [2.24, 2.45) is 0 Å². The molecule has 0 radical (unpaired) electrons. The first kappa shape index (κ1) is 14.0. The van der Waals surface area contributed by atoms with Gasteiger partial charge in [-0.3, -0.25) is 4.79 Å². The van der Waals surface area contributed by atoms with Gasteiger partial charge in [0.05, 0.1) is 0 Å². The first-order chi connectivity index (χ1) is 9.06. The fourth-order valence-electron chi connectivity index (χ4n) is 2.12. The molecule has 0 aliphatic heterocycles. The molecule has 0 spiro atoms. The van der Waals surface area contributed by atoms with Gasteiger partial charge in [0.1, 0.15) is 5.78 Å². The summed E-state index contributed by atoms with van der Waals surface area (Å²) in [5.41, 5.74) is 4.58. The van der Waals surface area contributed by atoms with Crippen LogP contribution >= 0.6 is 15.9 Å². The lowest BCUT2D eigenvalue weighted by Crippen LogP contribution is -2.08. The molecule has 0 aromatic heterocycles. The third-order valence-electron chi connectivity index (χ3n) is 3.24. The number of benzene rings is 2. The van der Waals surface area contributed by atoms with Gasteiger partial charge in [0.2, 0.25) is 0 Å². The number of hydrogen-bond donors (Lipinski definition) is 0. The molecule has 2 aromatic carbocycles. The molecule has 2 aromatic rings. The zero-order chi connectivity index (χ0) is 13.8. The molecule has 0 bridgehead atoms. The van der Waals surface area contributed by atoms with Crippen LogP contribution < -0.4 is 0 Å². The van der Waals surface area contributed by atoms with E-state index in [1.165, 1.54) is 11.1 Å². The molecule has 0 unspecified atom stereocenters. The monoisotopic (exact) mass is 316 g/mol. The molecular formula is C17H17BrO. The molecular weight excluding hydrogens is 300 g/mol. The average molecular weight is 317 g/mol. The maximum absolute atomic E-state index is 12.2. The first-order valence-electron chi connectivity index (χ1n) is 6.37. The van der Waals surface area contributed by atoms with E-state index in [0.29, 0.717) is 12.8 Å². The van der Waals surface area contributed by atoms with Gasteiger partial charge in [0.25, 0.3) is 0 Å². The largest absolute Gasteiger partial charge is 0.299 e. The number of Topliss-reactive ketones (excluding diaryl/α,β-unsaturated/α-hetero) is 1. The lowest BCUT2D eigenvalue weighted by Gasteiger charge is -2.07. The fourth-order valence-corrected chi connectivity index (χ4v) is 2.54. The van der Waals surface area contributed by atoms with Crippen molar-refractivity contribution in [2.75, 3.05) is 0 Å². The highest BCUT2D eigenvalue weighted by molar-refractivity contribution is 9.10. The van der Waals surface area contributed by atoms with E-state index in [1.54, 1.807) is 0 Å². The molecule has 0 heterocycles. The van der Waals surface area contributed by atoms with Crippen molar-refractivity contribution in [1.29, 1.82) is 0 Å². The Morgan fingerprint density at radius 1 is 1.00 bits per heavy atom. The van der Waals surface area contributed by atoms with Crippen molar-refractivity contribution in [3.63, 3.8) is 0 Å². The van der Waals surface area contributed by atoms with Crippen molar-refractivity contribution in [1.82, 2.24) is 0 Å². The van der Waals surface area contributed by atoms with Crippen LogP contribution in [0.2, 0.25) is 0 Å². The number of rotatable bonds is 4.